The molecule has 1 saturated carbocycles. The van der Waals surface area contributed by atoms with Gasteiger partial charge in [-0.05, 0) is 37.5 Å². The summed E-state index contributed by atoms with van der Waals surface area (Å²) in [5.74, 6) is -0.122. The van der Waals surface area contributed by atoms with Crippen LogP contribution >= 0.6 is 0 Å². The number of aryl methyl sites for hydroxylation is 1. The summed E-state index contributed by atoms with van der Waals surface area (Å²) in [4.78, 5) is 12.0. The van der Waals surface area contributed by atoms with E-state index in [1.807, 2.05) is 0 Å². The topological polar surface area (TPSA) is 69.6 Å². The average molecular weight is 249 g/mol. The van der Waals surface area contributed by atoms with Gasteiger partial charge in [0.25, 0.3) is 5.91 Å². The Hall–Kier alpha value is -1.55. The first-order valence-electron chi connectivity index (χ1n) is 6.36. The van der Waals surface area contributed by atoms with Crippen LogP contribution in [0.4, 0.5) is 0 Å². The number of aliphatic hydroxyl groups excluding tert-OH is 1. The summed E-state index contributed by atoms with van der Waals surface area (Å²) in [6.45, 7) is 1.78. The van der Waals surface area contributed by atoms with Crippen LogP contribution in [-0.2, 0) is 0 Å². The van der Waals surface area contributed by atoms with E-state index in [1.54, 1.807) is 19.1 Å². The maximum absolute atomic E-state index is 12.0. The van der Waals surface area contributed by atoms with Gasteiger partial charge in [0.05, 0.1) is 12.1 Å². The molecule has 2 unspecified atom stereocenters. The zero-order valence-electron chi connectivity index (χ0n) is 10.5. The Morgan fingerprint density at radius 2 is 2.06 bits per heavy atom. The van der Waals surface area contributed by atoms with Crippen molar-refractivity contribution in [1.29, 1.82) is 0 Å². The number of hydrogen-bond donors (Lipinski definition) is 3. The smallest absolute Gasteiger partial charge is 0.251 e. The Morgan fingerprint density at radius 1 is 1.33 bits per heavy atom. The van der Waals surface area contributed by atoms with Crippen LogP contribution in [0.1, 0.15) is 41.6 Å². The fourth-order valence-electron chi connectivity index (χ4n) is 2.28. The minimum Gasteiger partial charge on any atom is -0.508 e. The van der Waals surface area contributed by atoms with E-state index in [9.17, 15) is 15.0 Å². The second-order valence-corrected chi connectivity index (χ2v) is 4.93. The van der Waals surface area contributed by atoms with Crippen molar-refractivity contribution in [3.63, 3.8) is 0 Å². The highest BCUT2D eigenvalue weighted by molar-refractivity contribution is 5.94. The first-order valence-corrected chi connectivity index (χ1v) is 6.36. The van der Waals surface area contributed by atoms with Gasteiger partial charge in [-0.1, -0.05) is 18.9 Å². The molecule has 0 radical (unpaired) electrons. The van der Waals surface area contributed by atoms with Crippen molar-refractivity contribution in [2.24, 2.45) is 0 Å². The Bertz CT molecular complexity index is 445. The first-order chi connectivity index (χ1) is 8.58. The fourth-order valence-corrected chi connectivity index (χ4v) is 2.28. The van der Waals surface area contributed by atoms with Crippen molar-refractivity contribution >= 4 is 5.91 Å². The molecule has 18 heavy (non-hydrogen) atoms. The lowest BCUT2D eigenvalue weighted by molar-refractivity contribution is 0.0717. The molecule has 0 saturated heterocycles. The number of rotatable bonds is 2. The lowest BCUT2D eigenvalue weighted by Crippen LogP contribution is -2.45. The molecule has 1 aliphatic rings. The van der Waals surface area contributed by atoms with Gasteiger partial charge in [-0.25, -0.2) is 0 Å². The third-order valence-electron chi connectivity index (χ3n) is 3.52. The summed E-state index contributed by atoms with van der Waals surface area (Å²) in [7, 11) is 0. The van der Waals surface area contributed by atoms with E-state index in [0.29, 0.717) is 5.56 Å². The van der Waals surface area contributed by atoms with E-state index in [0.717, 1.165) is 31.2 Å². The molecule has 0 aliphatic heterocycles. The van der Waals surface area contributed by atoms with Crippen molar-refractivity contribution < 1.29 is 15.0 Å². The number of aromatic hydroxyl groups is 1. The molecule has 3 N–H and O–H groups in total. The minimum atomic E-state index is -0.457. The number of phenols is 1. The largest absolute Gasteiger partial charge is 0.508 e. The summed E-state index contributed by atoms with van der Waals surface area (Å²) in [5.41, 5.74) is 1.17. The highest BCUT2D eigenvalue weighted by Gasteiger charge is 2.24. The second-order valence-electron chi connectivity index (χ2n) is 4.93. The molecule has 4 heteroatoms. The molecule has 1 amide bonds. The Kier molecular flexibility index (Phi) is 3.87. The molecular weight excluding hydrogens is 230 g/mol. The molecule has 0 bridgehead atoms. The molecule has 1 aliphatic carbocycles. The van der Waals surface area contributed by atoms with E-state index < -0.39 is 6.10 Å². The number of hydrogen-bond acceptors (Lipinski definition) is 3. The highest BCUT2D eigenvalue weighted by atomic mass is 16.3. The van der Waals surface area contributed by atoms with Gasteiger partial charge in [0.15, 0.2) is 0 Å². The zero-order valence-corrected chi connectivity index (χ0v) is 10.5. The van der Waals surface area contributed by atoms with Crippen molar-refractivity contribution in [2.45, 2.75) is 44.8 Å². The van der Waals surface area contributed by atoms with E-state index in [4.69, 9.17) is 0 Å². The van der Waals surface area contributed by atoms with Crippen molar-refractivity contribution in [3.8, 4) is 5.75 Å². The molecule has 0 heterocycles. The van der Waals surface area contributed by atoms with Crippen LogP contribution < -0.4 is 5.32 Å². The molecule has 4 nitrogen and oxygen atoms in total. The number of carbonyl (C=O) groups is 1. The number of carbonyl (C=O) groups excluding carboxylic acids is 1. The molecule has 1 aromatic carbocycles. The lowest BCUT2D eigenvalue weighted by atomic mass is 9.92. The number of amides is 1. The first kappa shape index (κ1) is 12.9. The Labute approximate surface area is 107 Å². The van der Waals surface area contributed by atoms with E-state index in [2.05, 4.69) is 5.32 Å². The second kappa shape index (κ2) is 5.40. The van der Waals surface area contributed by atoms with Gasteiger partial charge in [0, 0.05) is 5.56 Å². The average Bonchev–Trinajstić information content (AvgIpc) is 2.35. The normalized spacial score (nSPS) is 23.7. The molecule has 98 valence electrons. The SMILES string of the molecule is Cc1ccc(C(=O)NC2CCCCC2O)cc1O. The van der Waals surface area contributed by atoms with Crippen LogP contribution in [0.5, 0.6) is 5.75 Å². The molecule has 1 aromatic rings. The number of aliphatic hydroxyl groups is 1. The van der Waals surface area contributed by atoms with Gasteiger partial charge in [-0.3, -0.25) is 4.79 Å². The highest BCUT2D eigenvalue weighted by Crippen LogP contribution is 2.20. The number of nitrogens with one attached hydrogen (secondary N) is 1. The van der Waals surface area contributed by atoms with Crippen molar-refractivity contribution in [3.05, 3.63) is 29.3 Å². The maximum Gasteiger partial charge on any atom is 0.251 e. The number of phenolic OH excluding ortho intramolecular Hbond substituents is 1. The zero-order chi connectivity index (χ0) is 13.1. The van der Waals surface area contributed by atoms with Gasteiger partial charge >= 0.3 is 0 Å². The maximum atomic E-state index is 12.0. The van der Waals surface area contributed by atoms with E-state index >= 15 is 0 Å². The lowest BCUT2D eigenvalue weighted by Gasteiger charge is -2.28. The predicted molar refractivity (Wildman–Crippen MR) is 68.6 cm³/mol. The molecule has 0 spiro atoms. The summed E-state index contributed by atoms with van der Waals surface area (Å²) in [6, 6.07) is 4.68. The summed E-state index contributed by atoms with van der Waals surface area (Å²) in [5, 5.41) is 22.2. The third kappa shape index (κ3) is 2.82. The van der Waals surface area contributed by atoms with Crippen LogP contribution in [0.15, 0.2) is 18.2 Å². The van der Waals surface area contributed by atoms with Gasteiger partial charge in [-0.15, -0.1) is 0 Å². The van der Waals surface area contributed by atoms with Gasteiger partial charge in [-0.2, -0.15) is 0 Å². The molecule has 2 rings (SSSR count). The standard InChI is InChI=1S/C14H19NO3/c1-9-6-7-10(8-13(9)17)14(18)15-11-4-2-3-5-12(11)16/h6-8,11-12,16-17H,2-5H2,1H3,(H,15,18). The Morgan fingerprint density at radius 3 is 2.72 bits per heavy atom. The minimum absolute atomic E-state index is 0.117. The van der Waals surface area contributed by atoms with Crippen LogP contribution in [0.3, 0.4) is 0 Å². The summed E-state index contributed by atoms with van der Waals surface area (Å²) < 4.78 is 0. The van der Waals surface area contributed by atoms with E-state index in [1.165, 1.54) is 6.07 Å². The van der Waals surface area contributed by atoms with Gasteiger partial charge < -0.3 is 15.5 Å². The van der Waals surface area contributed by atoms with Crippen LogP contribution in [0, 0.1) is 6.92 Å². The van der Waals surface area contributed by atoms with Crippen molar-refractivity contribution in [1.82, 2.24) is 5.32 Å². The molecule has 2 atom stereocenters. The van der Waals surface area contributed by atoms with Crippen LogP contribution in [0.2, 0.25) is 0 Å². The number of benzene rings is 1. The van der Waals surface area contributed by atoms with Crippen LogP contribution in [0.25, 0.3) is 0 Å². The monoisotopic (exact) mass is 249 g/mol. The van der Waals surface area contributed by atoms with Gasteiger partial charge in [0.2, 0.25) is 0 Å². The summed E-state index contributed by atoms with van der Waals surface area (Å²) in [6.07, 6.45) is 3.14. The van der Waals surface area contributed by atoms with Gasteiger partial charge in [0.1, 0.15) is 5.75 Å². The van der Waals surface area contributed by atoms with Crippen molar-refractivity contribution in [2.75, 3.05) is 0 Å². The summed E-state index contributed by atoms with van der Waals surface area (Å²) >= 11 is 0. The predicted octanol–water partition coefficient (Wildman–Crippen LogP) is 1.73. The fraction of sp³-hybridized carbons (Fsp3) is 0.500. The van der Waals surface area contributed by atoms with E-state index in [-0.39, 0.29) is 17.7 Å². The third-order valence-corrected chi connectivity index (χ3v) is 3.52. The Balaban J connectivity index is 2.04. The van der Waals surface area contributed by atoms with Crippen LogP contribution in [-0.4, -0.2) is 28.3 Å². The quantitative estimate of drug-likeness (QED) is 0.747. The molecule has 1 fully saturated rings. The molecular formula is C14H19NO3. The molecule has 0 aromatic heterocycles.